The molecular formula is C14H21N5O2. The van der Waals surface area contributed by atoms with Crippen molar-refractivity contribution < 1.29 is 9.26 Å². The molecule has 7 nitrogen and oxygen atoms in total. The minimum Gasteiger partial charge on any atom is -0.480 e. The molecule has 0 saturated heterocycles. The first-order valence-corrected chi connectivity index (χ1v) is 7.20. The van der Waals surface area contributed by atoms with Gasteiger partial charge in [-0.05, 0) is 19.0 Å². The van der Waals surface area contributed by atoms with Gasteiger partial charge >= 0.3 is 0 Å². The van der Waals surface area contributed by atoms with Crippen LogP contribution in [0.1, 0.15) is 32.6 Å². The van der Waals surface area contributed by atoms with Crippen LogP contribution in [0, 0.1) is 0 Å². The third-order valence-corrected chi connectivity index (χ3v) is 3.10. The highest BCUT2D eigenvalue weighted by molar-refractivity contribution is 5.47. The summed E-state index contributed by atoms with van der Waals surface area (Å²) in [6, 6.07) is 3.83. The van der Waals surface area contributed by atoms with Crippen LogP contribution in [0.5, 0.6) is 5.88 Å². The van der Waals surface area contributed by atoms with Gasteiger partial charge in [0.15, 0.2) is 0 Å². The number of nitrogens with one attached hydrogen (secondary N) is 1. The highest BCUT2D eigenvalue weighted by Gasteiger charge is 2.15. The molecule has 0 bridgehead atoms. The van der Waals surface area contributed by atoms with Gasteiger partial charge in [-0.2, -0.15) is 4.98 Å². The van der Waals surface area contributed by atoms with Gasteiger partial charge in [-0.15, -0.1) is 10.2 Å². The number of rotatable bonds is 8. The first-order valence-electron chi connectivity index (χ1n) is 7.20. The van der Waals surface area contributed by atoms with Gasteiger partial charge in [-0.3, -0.25) is 0 Å². The number of hydrogen-bond acceptors (Lipinski definition) is 7. The fourth-order valence-corrected chi connectivity index (χ4v) is 2.11. The first kappa shape index (κ1) is 15.4. The second kappa shape index (κ2) is 7.68. The van der Waals surface area contributed by atoms with E-state index in [9.17, 15) is 0 Å². The molecule has 1 N–H and O–H groups in total. The number of hydrogen-bond donors (Lipinski definition) is 1. The van der Waals surface area contributed by atoms with E-state index in [2.05, 4.69) is 39.5 Å². The summed E-state index contributed by atoms with van der Waals surface area (Å²) in [6.45, 7) is 5.18. The van der Waals surface area contributed by atoms with Crippen LogP contribution >= 0.6 is 0 Å². The number of likely N-dealkylation sites (N-methyl/N-ethyl adjacent to an activating group) is 1. The standard InChI is InChI=1S/C14H21N5O2/c1-4-6-10(15-5-2)9-13-16-14(19-21-13)11-7-8-12(20-3)18-17-11/h7-8,10,15H,4-6,9H2,1-3H3. The maximum atomic E-state index is 5.30. The Kier molecular flexibility index (Phi) is 5.62. The van der Waals surface area contributed by atoms with E-state index in [-0.39, 0.29) is 0 Å². The zero-order chi connectivity index (χ0) is 15.1. The van der Waals surface area contributed by atoms with Crippen LogP contribution in [0.25, 0.3) is 11.5 Å². The molecule has 0 aromatic carbocycles. The van der Waals surface area contributed by atoms with E-state index in [1.165, 1.54) is 0 Å². The Hall–Kier alpha value is -2.02. The minimum atomic E-state index is 0.357. The minimum absolute atomic E-state index is 0.357. The fraction of sp³-hybridized carbons (Fsp3) is 0.571. The number of aromatic nitrogens is 4. The third kappa shape index (κ3) is 4.22. The van der Waals surface area contributed by atoms with Crippen molar-refractivity contribution >= 4 is 0 Å². The maximum absolute atomic E-state index is 5.30. The molecule has 114 valence electrons. The topological polar surface area (TPSA) is 86.0 Å². The van der Waals surface area contributed by atoms with Crippen molar-refractivity contribution in [3.63, 3.8) is 0 Å². The van der Waals surface area contributed by atoms with Gasteiger partial charge < -0.3 is 14.6 Å². The summed E-state index contributed by atoms with van der Waals surface area (Å²) in [6.07, 6.45) is 2.91. The Morgan fingerprint density at radius 2 is 2.14 bits per heavy atom. The highest BCUT2D eigenvalue weighted by atomic mass is 16.5. The van der Waals surface area contributed by atoms with Crippen molar-refractivity contribution in [2.75, 3.05) is 13.7 Å². The average molecular weight is 291 g/mol. The van der Waals surface area contributed by atoms with Gasteiger partial charge in [0, 0.05) is 18.5 Å². The van der Waals surface area contributed by atoms with E-state index in [0.717, 1.165) is 25.8 Å². The van der Waals surface area contributed by atoms with Crippen molar-refractivity contribution in [1.29, 1.82) is 0 Å². The van der Waals surface area contributed by atoms with Crippen LogP contribution in [0.4, 0.5) is 0 Å². The average Bonchev–Trinajstić information content (AvgIpc) is 2.96. The molecule has 0 aliphatic carbocycles. The molecule has 0 spiro atoms. The van der Waals surface area contributed by atoms with Crippen molar-refractivity contribution in [2.45, 2.75) is 39.2 Å². The zero-order valence-corrected chi connectivity index (χ0v) is 12.7. The Bertz CT molecular complexity index is 535. The molecular weight excluding hydrogens is 270 g/mol. The Labute approximate surface area is 124 Å². The Morgan fingerprint density at radius 3 is 2.76 bits per heavy atom. The van der Waals surface area contributed by atoms with Crippen LogP contribution in [0.3, 0.4) is 0 Å². The molecule has 0 saturated carbocycles. The SMILES string of the molecule is CCCC(Cc1nc(-c2ccc(OC)nn2)no1)NCC. The lowest BCUT2D eigenvalue weighted by Gasteiger charge is -2.14. The normalized spacial score (nSPS) is 12.3. The Morgan fingerprint density at radius 1 is 1.29 bits per heavy atom. The summed E-state index contributed by atoms with van der Waals surface area (Å²) >= 11 is 0. The van der Waals surface area contributed by atoms with Gasteiger partial charge in [0.2, 0.25) is 17.6 Å². The summed E-state index contributed by atoms with van der Waals surface area (Å²) in [7, 11) is 1.55. The quantitative estimate of drug-likeness (QED) is 0.794. The number of methoxy groups -OCH3 is 1. The van der Waals surface area contributed by atoms with E-state index in [0.29, 0.717) is 29.3 Å². The molecule has 0 aliphatic rings. The number of nitrogens with zero attached hydrogens (tertiary/aromatic N) is 4. The second-order valence-corrected chi connectivity index (χ2v) is 4.72. The highest BCUT2D eigenvalue weighted by Crippen LogP contribution is 2.15. The molecule has 2 aromatic heterocycles. The van der Waals surface area contributed by atoms with Crippen LogP contribution in [-0.4, -0.2) is 40.0 Å². The van der Waals surface area contributed by atoms with Crippen molar-refractivity contribution in [3.8, 4) is 17.4 Å². The molecule has 0 radical (unpaired) electrons. The first-order chi connectivity index (χ1) is 10.3. The van der Waals surface area contributed by atoms with E-state index in [1.54, 1.807) is 19.2 Å². The lowest BCUT2D eigenvalue weighted by atomic mass is 10.1. The summed E-state index contributed by atoms with van der Waals surface area (Å²) in [5, 5.41) is 15.3. The molecule has 0 amide bonds. The van der Waals surface area contributed by atoms with Crippen molar-refractivity contribution in [3.05, 3.63) is 18.0 Å². The number of ether oxygens (including phenoxy) is 1. The van der Waals surface area contributed by atoms with Gasteiger partial charge in [-0.1, -0.05) is 25.4 Å². The van der Waals surface area contributed by atoms with Gasteiger partial charge in [-0.25, -0.2) is 0 Å². The smallest absolute Gasteiger partial charge is 0.233 e. The molecule has 21 heavy (non-hydrogen) atoms. The van der Waals surface area contributed by atoms with Crippen LogP contribution in [-0.2, 0) is 6.42 Å². The maximum Gasteiger partial charge on any atom is 0.233 e. The Balaban J connectivity index is 2.05. The third-order valence-electron chi connectivity index (χ3n) is 3.10. The summed E-state index contributed by atoms with van der Waals surface area (Å²) < 4.78 is 10.3. The molecule has 0 fully saturated rings. The summed E-state index contributed by atoms with van der Waals surface area (Å²) in [5.74, 6) is 1.52. The molecule has 0 aliphatic heterocycles. The van der Waals surface area contributed by atoms with E-state index < -0.39 is 0 Å². The largest absolute Gasteiger partial charge is 0.480 e. The van der Waals surface area contributed by atoms with Gasteiger partial charge in [0.1, 0.15) is 5.69 Å². The lowest BCUT2D eigenvalue weighted by molar-refractivity contribution is 0.352. The van der Waals surface area contributed by atoms with Gasteiger partial charge in [0.05, 0.1) is 7.11 Å². The monoisotopic (exact) mass is 291 g/mol. The van der Waals surface area contributed by atoms with Crippen LogP contribution in [0.15, 0.2) is 16.7 Å². The summed E-state index contributed by atoms with van der Waals surface area (Å²) in [5.41, 5.74) is 0.571. The second-order valence-electron chi connectivity index (χ2n) is 4.72. The van der Waals surface area contributed by atoms with Crippen LogP contribution < -0.4 is 10.1 Å². The molecule has 1 atom stereocenters. The molecule has 2 aromatic rings. The van der Waals surface area contributed by atoms with Crippen molar-refractivity contribution in [1.82, 2.24) is 25.7 Å². The molecule has 7 heteroatoms. The molecule has 2 heterocycles. The zero-order valence-electron chi connectivity index (χ0n) is 12.7. The van der Waals surface area contributed by atoms with Gasteiger partial charge in [0.25, 0.3) is 0 Å². The fourth-order valence-electron chi connectivity index (χ4n) is 2.11. The summed E-state index contributed by atoms with van der Waals surface area (Å²) in [4.78, 5) is 4.38. The molecule has 1 unspecified atom stereocenters. The molecule has 2 rings (SSSR count). The van der Waals surface area contributed by atoms with Crippen LogP contribution in [0.2, 0.25) is 0 Å². The predicted molar refractivity (Wildman–Crippen MR) is 78.0 cm³/mol. The predicted octanol–water partition coefficient (Wildman–Crippen LogP) is 1.86. The van der Waals surface area contributed by atoms with E-state index in [4.69, 9.17) is 9.26 Å². The van der Waals surface area contributed by atoms with E-state index >= 15 is 0 Å². The van der Waals surface area contributed by atoms with E-state index in [1.807, 2.05) is 0 Å². The van der Waals surface area contributed by atoms with Crippen molar-refractivity contribution in [2.24, 2.45) is 0 Å². The lowest BCUT2D eigenvalue weighted by Crippen LogP contribution is -2.30.